The highest BCUT2D eigenvalue weighted by Crippen LogP contribution is 2.29. The van der Waals surface area contributed by atoms with Crippen LogP contribution in [-0.2, 0) is 6.54 Å². The summed E-state index contributed by atoms with van der Waals surface area (Å²) in [6.07, 6.45) is 0. The molecular formula is C15H18F2N2O2. The Morgan fingerprint density at radius 3 is 2.33 bits per heavy atom. The highest BCUT2D eigenvalue weighted by atomic mass is 19.3. The van der Waals surface area contributed by atoms with Gasteiger partial charge < -0.3 is 14.9 Å². The highest BCUT2D eigenvalue weighted by Gasteiger charge is 2.11. The number of benzene rings is 1. The maximum Gasteiger partial charge on any atom is 0.387 e. The molecule has 4 nitrogen and oxygen atoms in total. The number of alkyl halides is 2. The Labute approximate surface area is 122 Å². The predicted molar refractivity (Wildman–Crippen MR) is 76.6 cm³/mol. The molecule has 114 valence electrons. The molecule has 0 bridgehead atoms. The Hall–Kier alpha value is -2.24. The largest absolute Gasteiger partial charge is 0.493 e. The van der Waals surface area contributed by atoms with Crippen molar-refractivity contribution in [2.45, 2.75) is 27.0 Å². The van der Waals surface area contributed by atoms with Gasteiger partial charge in [-0.3, -0.25) is 4.68 Å². The first kappa shape index (κ1) is 15.2. The number of methoxy groups -OCH3 is 1. The second-order valence-electron chi connectivity index (χ2n) is 4.65. The zero-order valence-corrected chi connectivity index (χ0v) is 12.2. The van der Waals surface area contributed by atoms with Gasteiger partial charge in [0.1, 0.15) is 0 Å². The summed E-state index contributed by atoms with van der Waals surface area (Å²) in [4.78, 5) is 0. The molecule has 0 saturated heterocycles. The zero-order chi connectivity index (χ0) is 15.4. The molecule has 0 aliphatic carbocycles. The summed E-state index contributed by atoms with van der Waals surface area (Å²) >= 11 is 0. The van der Waals surface area contributed by atoms with Crippen molar-refractivity contribution in [3.63, 3.8) is 0 Å². The van der Waals surface area contributed by atoms with Gasteiger partial charge >= 0.3 is 6.61 Å². The van der Waals surface area contributed by atoms with Crippen molar-refractivity contribution in [3.8, 4) is 11.5 Å². The summed E-state index contributed by atoms with van der Waals surface area (Å²) in [5.41, 5.74) is 6.20. The van der Waals surface area contributed by atoms with Gasteiger partial charge in [0.05, 0.1) is 13.7 Å². The van der Waals surface area contributed by atoms with Crippen LogP contribution in [0.5, 0.6) is 11.5 Å². The van der Waals surface area contributed by atoms with Gasteiger partial charge in [0.2, 0.25) is 0 Å². The van der Waals surface area contributed by atoms with Crippen molar-refractivity contribution < 1.29 is 18.3 Å². The second-order valence-corrected chi connectivity index (χ2v) is 4.65. The maximum atomic E-state index is 12.4. The molecule has 0 aliphatic heterocycles. The summed E-state index contributed by atoms with van der Waals surface area (Å²) in [5, 5.41) is 0. The number of aromatic nitrogens is 1. The fraction of sp³-hybridized carbons (Fsp3) is 0.333. The van der Waals surface area contributed by atoms with E-state index in [1.165, 1.54) is 7.11 Å². The van der Waals surface area contributed by atoms with Gasteiger partial charge in [-0.2, -0.15) is 8.78 Å². The Bertz CT molecular complexity index is 592. The molecule has 0 radical (unpaired) electrons. The average molecular weight is 296 g/mol. The summed E-state index contributed by atoms with van der Waals surface area (Å²) < 4.78 is 36.2. The number of hydrogen-bond acceptors (Lipinski definition) is 3. The molecule has 0 amide bonds. The van der Waals surface area contributed by atoms with Crippen molar-refractivity contribution in [1.29, 1.82) is 0 Å². The molecule has 1 heterocycles. The number of nitrogens with zero attached hydrogens (tertiary/aromatic N) is 1. The molecule has 6 heteroatoms. The van der Waals surface area contributed by atoms with E-state index >= 15 is 0 Å². The van der Waals surface area contributed by atoms with Gasteiger partial charge in [0.15, 0.2) is 11.5 Å². The van der Waals surface area contributed by atoms with E-state index < -0.39 is 6.61 Å². The molecule has 1 aromatic heterocycles. The predicted octanol–water partition coefficient (Wildman–Crippen LogP) is 3.46. The topological polar surface area (TPSA) is 35.4 Å². The third-order valence-corrected chi connectivity index (χ3v) is 3.16. The van der Waals surface area contributed by atoms with Gasteiger partial charge in [-0.05, 0) is 43.7 Å². The Kier molecular flexibility index (Phi) is 4.67. The van der Waals surface area contributed by atoms with E-state index in [0.29, 0.717) is 6.54 Å². The third-order valence-electron chi connectivity index (χ3n) is 3.16. The van der Waals surface area contributed by atoms with Crippen LogP contribution >= 0.6 is 0 Å². The molecule has 2 rings (SSSR count). The van der Waals surface area contributed by atoms with Crippen LogP contribution in [0, 0.1) is 13.8 Å². The molecular weight excluding hydrogens is 278 g/mol. The van der Waals surface area contributed by atoms with Crippen molar-refractivity contribution in [3.05, 3.63) is 47.3 Å². The van der Waals surface area contributed by atoms with Gasteiger partial charge in [-0.1, -0.05) is 6.07 Å². The minimum atomic E-state index is -2.88. The SMILES string of the molecule is COc1ccc(CNn2c(C)ccc2C)cc1OC(F)F. The fourth-order valence-electron chi connectivity index (χ4n) is 2.11. The first-order chi connectivity index (χ1) is 10.0. The first-order valence-electron chi connectivity index (χ1n) is 6.52. The lowest BCUT2D eigenvalue weighted by atomic mass is 10.2. The minimum Gasteiger partial charge on any atom is -0.493 e. The zero-order valence-electron chi connectivity index (χ0n) is 12.2. The fourth-order valence-corrected chi connectivity index (χ4v) is 2.11. The minimum absolute atomic E-state index is 0.0350. The number of rotatable bonds is 6. The number of hydrogen-bond donors (Lipinski definition) is 1. The van der Waals surface area contributed by atoms with E-state index in [1.807, 2.05) is 30.7 Å². The lowest BCUT2D eigenvalue weighted by molar-refractivity contribution is -0.0512. The van der Waals surface area contributed by atoms with Crippen LogP contribution in [0.2, 0.25) is 0 Å². The van der Waals surface area contributed by atoms with Gasteiger partial charge in [-0.25, -0.2) is 0 Å². The van der Waals surface area contributed by atoms with Crippen LogP contribution in [0.15, 0.2) is 30.3 Å². The molecule has 0 aliphatic rings. The van der Waals surface area contributed by atoms with Crippen LogP contribution in [0.3, 0.4) is 0 Å². The quantitative estimate of drug-likeness (QED) is 0.886. The van der Waals surface area contributed by atoms with Crippen molar-refractivity contribution in [2.24, 2.45) is 0 Å². The summed E-state index contributed by atoms with van der Waals surface area (Å²) in [7, 11) is 1.41. The highest BCUT2D eigenvalue weighted by molar-refractivity contribution is 5.43. The molecule has 21 heavy (non-hydrogen) atoms. The van der Waals surface area contributed by atoms with E-state index in [2.05, 4.69) is 10.2 Å². The molecule has 0 atom stereocenters. The van der Waals surface area contributed by atoms with E-state index in [1.54, 1.807) is 18.2 Å². The van der Waals surface area contributed by atoms with Crippen molar-refractivity contribution >= 4 is 0 Å². The number of halogens is 2. The second kappa shape index (κ2) is 6.47. The number of nitrogens with one attached hydrogen (secondary N) is 1. The molecule has 0 saturated carbocycles. The van der Waals surface area contributed by atoms with E-state index in [9.17, 15) is 8.78 Å². The Balaban J connectivity index is 2.13. The molecule has 0 fully saturated rings. The summed E-state index contributed by atoms with van der Waals surface area (Å²) in [6.45, 7) is 1.58. The van der Waals surface area contributed by atoms with Crippen LogP contribution in [0.4, 0.5) is 8.78 Å². The van der Waals surface area contributed by atoms with Gasteiger partial charge in [0, 0.05) is 11.4 Å². The molecule has 0 spiro atoms. The van der Waals surface area contributed by atoms with Gasteiger partial charge in [-0.15, -0.1) is 0 Å². The number of ether oxygens (including phenoxy) is 2. The summed E-state index contributed by atoms with van der Waals surface area (Å²) in [6, 6.07) is 8.97. The Morgan fingerprint density at radius 2 is 1.76 bits per heavy atom. The van der Waals surface area contributed by atoms with Crippen LogP contribution < -0.4 is 14.9 Å². The van der Waals surface area contributed by atoms with Crippen molar-refractivity contribution in [2.75, 3.05) is 12.5 Å². The first-order valence-corrected chi connectivity index (χ1v) is 6.52. The van der Waals surface area contributed by atoms with E-state index in [-0.39, 0.29) is 11.5 Å². The summed E-state index contributed by atoms with van der Waals surface area (Å²) in [5.74, 6) is 0.320. The molecule has 1 N–H and O–H groups in total. The number of aryl methyl sites for hydroxylation is 2. The van der Waals surface area contributed by atoms with Crippen LogP contribution in [0.25, 0.3) is 0 Å². The molecule has 1 aromatic carbocycles. The average Bonchev–Trinajstić information content (AvgIpc) is 2.75. The lowest BCUT2D eigenvalue weighted by Crippen LogP contribution is -2.17. The molecule has 0 unspecified atom stereocenters. The smallest absolute Gasteiger partial charge is 0.387 e. The normalized spacial score (nSPS) is 10.8. The van der Waals surface area contributed by atoms with Crippen LogP contribution in [0.1, 0.15) is 17.0 Å². The maximum absolute atomic E-state index is 12.4. The lowest BCUT2D eigenvalue weighted by Gasteiger charge is -2.15. The molecule has 2 aromatic rings. The monoisotopic (exact) mass is 296 g/mol. The van der Waals surface area contributed by atoms with E-state index in [4.69, 9.17) is 4.74 Å². The standard InChI is InChI=1S/C15H18F2N2O2/c1-10-4-5-11(2)19(10)18-9-12-6-7-13(20-3)14(8-12)21-15(16)17/h4-8,15,18H,9H2,1-3H3. The van der Waals surface area contributed by atoms with Crippen molar-refractivity contribution in [1.82, 2.24) is 4.68 Å². The van der Waals surface area contributed by atoms with Gasteiger partial charge in [0.25, 0.3) is 0 Å². The Morgan fingerprint density at radius 1 is 1.10 bits per heavy atom. The van der Waals surface area contributed by atoms with E-state index in [0.717, 1.165) is 17.0 Å². The third kappa shape index (κ3) is 3.65. The van der Waals surface area contributed by atoms with Crippen LogP contribution in [-0.4, -0.2) is 18.4 Å².